The fraction of sp³-hybridized carbons (Fsp3) is 0.533. The molecule has 2 aliphatic heterocycles. The number of benzene rings is 1. The molecular formula is C15H22ClN3OS. The van der Waals surface area contributed by atoms with Crippen LogP contribution in [0.15, 0.2) is 29.2 Å². The molecule has 116 valence electrons. The number of carbonyl (C=O) groups excluding carboxylic acids is 1. The van der Waals surface area contributed by atoms with E-state index in [2.05, 4.69) is 22.3 Å². The summed E-state index contributed by atoms with van der Waals surface area (Å²) in [6.07, 6.45) is 1.14. The highest BCUT2D eigenvalue weighted by atomic mass is 35.5. The molecule has 6 heteroatoms. The van der Waals surface area contributed by atoms with E-state index in [1.54, 1.807) is 0 Å². The van der Waals surface area contributed by atoms with Crippen molar-refractivity contribution in [1.82, 2.24) is 10.2 Å². The number of nitrogens with one attached hydrogen (secondary N) is 1. The second-order valence-corrected chi connectivity index (χ2v) is 6.51. The van der Waals surface area contributed by atoms with E-state index in [1.807, 2.05) is 35.8 Å². The van der Waals surface area contributed by atoms with Gasteiger partial charge in [0.1, 0.15) is 0 Å². The van der Waals surface area contributed by atoms with Gasteiger partial charge >= 0.3 is 0 Å². The minimum absolute atomic E-state index is 0. The van der Waals surface area contributed by atoms with Crippen LogP contribution in [-0.4, -0.2) is 55.8 Å². The average Bonchev–Trinajstić information content (AvgIpc) is 2.94. The molecule has 1 atom stereocenters. The highest BCUT2D eigenvalue weighted by Crippen LogP contribution is 2.34. The largest absolute Gasteiger partial charge is 0.316 e. The first-order valence-electron chi connectivity index (χ1n) is 7.20. The quantitative estimate of drug-likeness (QED) is 0.919. The molecule has 2 heterocycles. The maximum atomic E-state index is 12.6. The average molecular weight is 328 g/mol. The standard InChI is InChI=1S/C15H21N3OS.ClH/c1-16-12-6-7-17(10-12)11-15(19)18-8-9-20-14-5-3-2-4-13(14)18;/h2-5,12,16H,6-11H2,1H3;1H. The summed E-state index contributed by atoms with van der Waals surface area (Å²) in [5, 5.41) is 3.29. The SMILES string of the molecule is CNC1CCN(CC(=O)N2CCSc3ccccc32)C1.Cl. The Morgan fingerprint density at radius 2 is 2.19 bits per heavy atom. The summed E-state index contributed by atoms with van der Waals surface area (Å²) < 4.78 is 0. The molecule has 0 radical (unpaired) electrons. The van der Waals surface area contributed by atoms with Crippen molar-refractivity contribution in [2.45, 2.75) is 17.4 Å². The molecule has 0 bridgehead atoms. The van der Waals surface area contributed by atoms with E-state index >= 15 is 0 Å². The molecule has 1 aromatic rings. The number of hydrogen-bond donors (Lipinski definition) is 1. The van der Waals surface area contributed by atoms with Gasteiger partial charge in [-0.2, -0.15) is 0 Å². The monoisotopic (exact) mass is 327 g/mol. The number of halogens is 1. The van der Waals surface area contributed by atoms with Crippen molar-refractivity contribution in [2.24, 2.45) is 0 Å². The van der Waals surface area contributed by atoms with Crippen molar-refractivity contribution in [2.75, 3.05) is 43.9 Å². The zero-order valence-electron chi connectivity index (χ0n) is 12.2. The van der Waals surface area contributed by atoms with Crippen LogP contribution in [0, 0.1) is 0 Å². The van der Waals surface area contributed by atoms with E-state index in [0.29, 0.717) is 12.6 Å². The van der Waals surface area contributed by atoms with Crippen molar-refractivity contribution < 1.29 is 4.79 Å². The van der Waals surface area contributed by atoms with Crippen LogP contribution in [-0.2, 0) is 4.79 Å². The van der Waals surface area contributed by atoms with E-state index < -0.39 is 0 Å². The number of nitrogens with zero attached hydrogens (tertiary/aromatic N) is 2. The molecule has 1 N–H and O–H groups in total. The Balaban J connectivity index is 0.00000161. The van der Waals surface area contributed by atoms with Crippen molar-refractivity contribution in [3.05, 3.63) is 24.3 Å². The molecular weight excluding hydrogens is 306 g/mol. The molecule has 2 aliphatic rings. The Hall–Kier alpha value is -0.750. The lowest BCUT2D eigenvalue weighted by Crippen LogP contribution is -2.43. The first-order chi connectivity index (χ1) is 9.78. The summed E-state index contributed by atoms with van der Waals surface area (Å²) in [7, 11) is 1.99. The highest BCUT2D eigenvalue weighted by Gasteiger charge is 2.27. The second kappa shape index (κ2) is 7.49. The summed E-state index contributed by atoms with van der Waals surface area (Å²) in [6, 6.07) is 8.74. The van der Waals surface area contributed by atoms with Crippen LogP contribution >= 0.6 is 24.2 Å². The number of likely N-dealkylation sites (N-methyl/N-ethyl adjacent to an activating group) is 1. The number of fused-ring (bicyclic) bond motifs is 1. The second-order valence-electron chi connectivity index (χ2n) is 5.37. The Kier molecular flexibility index (Phi) is 5.93. The van der Waals surface area contributed by atoms with E-state index in [1.165, 1.54) is 4.90 Å². The molecule has 4 nitrogen and oxygen atoms in total. The van der Waals surface area contributed by atoms with Gasteiger partial charge in [-0.15, -0.1) is 24.2 Å². The Bertz CT molecular complexity index is 500. The van der Waals surface area contributed by atoms with Crippen molar-refractivity contribution >= 4 is 35.8 Å². The number of amides is 1. The van der Waals surface area contributed by atoms with Crippen LogP contribution in [0.25, 0.3) is 0 Å². The summed E-state index contributed by atoms with van der Waals surface area (Å²) in [6.45, 7) is 3.36. The molecule has 1 amide bonds. The lowest BCUT2D eigenvalue weighted by atomic mass is 10.2. The molecule has 1 unspecified atom stereocenters. The van der Waals surface area contributed by atoms with Crippen molar-refractivity contribution in [3.63, 3.8) is 0 Å². The number of thioether (sulfide) groups is 1. The third kappa shape index (κ3) is 3.72. The topological polar surface area (TPSA) is 35.6 Å². The predicted octanol–water partition coefficient (Wildman–Crippen LogP) is 1.84. The third-order valence-corrected chi connectivity index (χ3v) is 5.11. The zero-order valence-corrected chi connectivity index (χ0v) is 13.9. The molecule has 1 aromatic carbocycles. The van der Waals surface area contributed by atoms with Gasteiger partial charge in [-0.1, -0.05) is 12.1 Å². The Labute approximate surface area is 136 Å². The zero-order chi connectivity index (χ0) is 13.9. The summed E-state index contributed by atoms with van der Waals surface area (Å²) in [5.74, 6) is 1.22. The third-order valence-electron chi connectivity index (χ3n) is 4.07. The van der Waals surface area contributed by atoms with Gasteiger partial charge in [0.2, 0.25) is 5.91 Å². The maximum absolute atomic E-state index is 12.6. The minimum atomic E-state index is 0. The number of para-hydroxylation sites is 1. The van der Waals surface area contributed by atoms with Crippen LogP contribution in [0.3, 0.4) is 0 Å². The van der Waals surface area contributed by atoms with E-state index in [9.17, 15) is 4.79 Å². The lowest BCUT2D eigenvalue weighted by Gasteiger charge is -2.30. The Morgan fingerprint density at radius 1 is 1.38 bits per heavy atom. The maximum Gasteiger partial charge on any atom is 0.241 e. The van der Waals surface area contributed by atoms with Gasteiger partial charge < -0.3 is 10.2 Å². The highest BCUT2D eigenvalue weighted by molar-refractivity contribution is 7.99. The summed E-state index contributed by atoms with van der Waals surface area (Å²) in [5.41, 5.74) is 1.08. The first kappa shape index (κ1) is 16.6. The van der Waals surface area contributed by atoms with Gasteiger partial charge in [0.15, 0.2) is 0 Å². The number of rotatable bonds is 3. The van der Waals surface area contributed by atoms with Gasteiger partial charge in [0.05, 0.1) is 12.2 Å². The molecule has 0 saturated carbocycles. The van der Waals surface area contributed by atoms with Crippen LogP contribution in [0.4, 0.5) is 5.69 Å². The molecule has 21 heavy (non-hydrogen) atoms. The van der Waals surface area contributed by atoms with Gasteiger partial charge in [0.25, 0.3) is 0 Å². The van der Waals surface area contributed by atoms with Gasteiger partial charge in [-0.25, -0.2) is 0 Å². The van der Waals surface area contributed by atoms with Crippen LogP contribution < -0.4 is 10.2 Å². The minimum Gasteiger partial charge on any atom is -0.316 e. The number of likely N-dealkylation sites (tertiary alicyclic amines) is 1. The fourth-order valence-corrected chi connectivity index (χ4v) is 3.91. The molecule has 1 saturated heterocycles. The first-order valence-corrected chi connectivity index (χ1v) is 8.18. The van der Waals surface area contributed by atoms with E-state index in [-0.39, 0.29) is 18.3 Å². The molecule has 0 aliphatic carbocycles. The number of anilines is 1. The van der Waals surface area contributed by atoms with E-state index in [4.69, 9.17) is 0 Å². The normalized spacial score (nSPS) is 21.8. The van der Waals surface area contributed by atoms with Crippen LogP contribution in [0.5, 0.6) is 0 Å². The summed E-state index contributed by atoms with van der Waals surface area (Å²) in [4.78, 5) is 18.0. The van der Waals surface area contributed by atoms with Gasteiger partial charge in [-0.3, -0.25) is 9.69 Å². The van der Waals surface area contributed by atoms with Crippen molar-refractivity contribution in [1.29, 1.82) is 0 Å². The number of carbonyl (C=O) groups is 1. The Morgan fingerprint density at radius 3 is 2.95 bits per heavy atom. The van der Waals surface area contributed by atoms with Crippen LogP contribution in [0.1, 0.15) is 6.42 Å². The van der Waals surface area contributed by atoms with Crippen molar-refractivity contribution in [3.8, 4) is 0 Å². The smallest absolute Gasteiger partial charge is 0.241 e. The number of hydrogen-bond acceptors (Lipinski definition) is 4. The molecule has 0 spiro atoms. The van der Waals surface area contributed by atoms with Gasteiger partial charge in [-0.05, 0) is 25.6 Å². The van der Waals surface area contributed by atoms with Crippen LogP contribution in [0.2, 0.25) is 0 Å². The lowest BCUT2D eigenvalue weighted by molar-refractivity contribution is -0.119. The molecule has 3 rings (SSSR count). The summed E-state index contributed by atoms with van der Waals surface area (Å²) >= 11 is 1.84. The molecule has 0 aromatic heterocycles. The van der Waals surface area contributed by atoms with E-state index in [0.717, 1.165) is 37.5 Å². The van der Waals surface area contributed by atoms with Gasteiger partial charge in [0, 0.05) is 36.3 Å². The molecule has 1 fully saturated rings. The predicted molar refractivity (Wildman–Crippen MR) is 90.7 cm³/mol. The fourth-order valence-electron chi connectivity index (χ4n) is 2.92.